The second-order valence-electron chi connectivity index (χ2n) is 4.98. The van der Waals surface area contributed by atoms with Crippen LogP contribution in [0.5, 0.6) is 11.5 Å². The molecule has 2 aromatic rings. The van der Waals surface area contributed by atoms with E-state index in [4.69, 9.17) is 15.2 Å². The van der Waals surface area contributed by atoms with Crippen LogP contribution in [0.3, 0.4) is 0 Å². The zero-order valence-electron chi connectivity index (χ0n) is 11.7. The van der Waals surface area contributed by atoms with Crippen molar-refractivity contribution in [3.05, 3.63) is 42.0 Å². The van der Waals surface area contributed by atoms with Gasteiger partial charge in [0.05, 0.1) is 0 Å². The number of nitrogens with two attached hydrogens (primary N) is 1. The van der Waals surface area contributed by atoms with E-state index < -0.39 is 0 Å². The standard InChI is InChI=1S/C17H19NO2/c1-2-4-14-13(5-3-6-15(14)18)12-7-8-16-17(11-12)20-10-9-19-16/h3,5-8,11H,2,4,9-10,18H2,1H3. The van der Waals surface area contributed by atoms with Crippen LogP contribution in [0.25, 0.3) is 11.1 Å². The van der Waals surface area contributed by atoms with Crippen LogP contribution in [0.4, 0.5) is 5.69 Å². The molecule has 0 radical (unpaired) electrons. The highest BCUT2D eigenvalue weighted by molar-refractivity contribution is 5.75. The fourth-order valence-corrected chi connectivity index (χ4v) is 2.62. The first kappa shape index (κ1) is 12.9. The summed E-state index contributed by atoms with van der Waals surface area (Å²) in [5.41, 5.74) is 10.5. The second kappa shape index (κ2) is 5.45. The van der Waals surface area contributed by atoms with Crippen molar-refractivity contribution in [3.63, 3.8) is 0 Å². The van der Waals surface area contributed by atoms with Gasteiger partial charge in [0.25, 0.3) is 0 Å². The molecule has 0 spiro atoms. The van der Waals surface area contributed by atoms with E-state index in [9.17, 15) is 0 Å². The predicted octanol–water partition coefficient (Wildman–Crippen LogP) is 3.66. The predicted molar refractivity (Wildman–Crippen MR) is 81.3 cm³/mol. The van der Waals surface area contributed by atoms with Crippen LogP contribution in [0.1, 0.15) is 18.9 Å². The lowest BCUT2D eigenvalue weighted by molar-refractivity contribution is 0.171. The van der Waals surface area contributed by atoms with Gasteiger partial charge in [0.15, 0.2) is 11.5 Å². The smallest absolute Gasteiger partial charge is 0.161 e. The zero-order valence-corrected chi connectivity index (χ0v) is 11.7. The number of hydrogen-bond donors (Lipinski definition) is 1. The topological polar surface area (TPSA) is 44.5 Å². The zero-order chi connectivity index (χ0) is 13.9. The molecule has 0 aromatic heterocycles. The van der Waals surface area contributed by atoms with Crippen LogP contribution in [-0.4, -0.2) is 13.2 Å². The van der Waals surface area contributed by atoms with Crippen LogP contribution in [0.2, 0.25) is 0 Å². The SMILES string of the molecule is CCCc1c(N)cccc1-c1ccc2c(c1)OCCO2. The first-order valence-electron chi connectivity index (χ1n) is 7.07. The lowest BCUT2D eigenvalue weighted by atomic mass is 9.95. The Morgan fingerprint density at radius 2 is 1.85 bits per heavy atom. The van der Waals surface area contributed by atoms with E-state index >= 15 is 0 Å². The molecular weight excluding hydrogens is 250 g/mol. The number of ether oxygens (including phenoxy) is 2. The molecule has 3 nitrogen and oxygen atoms in total. The molecule has 0 aliphatic carbocycles. The molecule has 0 fully saturated rings. The van der Waals surface area contributed by atoms with E-state index in [-0.39, 0.29) is 0 Å². The molecule has 0 bridgehead atoms. The van der Waals surface area contributed by atoms with Crippen molar-refractivity contribution in [1.82, 2.24) is 0 Å². The van der Waals surface area contributed by atoms with Gasteiger partial charge in [-0.3, -0.25) is 0 Å². The molecule has 0 atom stereocenters. The van der Waals surface area contributed by atoms with Crippen LogP contribution in [0.15, 0.2) is 36.4 Å². The summed E-state index contributed by atoms with van der Waals surface area (Å²) in [4.78, 5) is 0. The molecule has 1 aliphatic heterocycles. The van der Waals surface area contributed by atoms with E-state index in [2.05, 4.69) is 19.1 Å². The number of benzene rings is 2. The van der Waals surface area contributed by atoms with Gasteiger partial charge in [-0.2, -0.15) is 0 Å². The fourth-order valence-electron chi connectivity index (χ4n) is 2.62. The first-order valence-corrected chi connectivity index (χ1v) is 7.07. The summed E-state index contributed by atoms with van der Waals surface area (Å²) >= 11 is 0. The molecule has 20 heavy (non-hydrogen) atoms. The average molecular weight is 269 g/mol. The molecule has 0 saturated carbocycles. The third-order valence-electron chi connectivity index (χ3n) is 3.57. The molecule has 1 heterocycles. The molecule has 2 N–H and O–H groups in total. The third-order valence-corrected chi connectivity index (χ3v) is 3.57. The highest BCUT2D eigenvalue weighted by atomic mass is 16.6. The Kier molecular flexibility index (Phi) is 3.50. The summed E-state index contributed by atoms with van der Waals surface area (Å²) in [5, 5.41) is 0. The molecule has 1 aliphatic rings. The Labute approximate surface area is 119 Å². The van der Waals surface area contributed by atoms with Gasteiger partial charge in [-0.05, 0) is 41.3 Å². The Morgan fingerprint density at radius 1 is 1.05 bits per heavy atom. The van der Waals surface area contributed by atoms with E-state index in [1.165, 1.54) is 11.1 Å². The minimum absolute atomic E-state index is 0.606. The molecule has 0 unspecified atom stereocenters. The fraction of sp³-hybridized carbons (Fsp3) is 0.294. The van der Waals surface area contributed by atoms with E-state index in [0.29, 0.717) is 13.2 Å². The maximum Gasteiger partial charge on any atom is 0.161 e. The number of nitrogen functional groups attached to an aromatic ring is 1. The molecule has 0 saturated heterocycles. The molecule has 3 heteroatoms. The average Bonchev–Trinajstić information content (AvgIpc) is 2.49. The van der Waals surface area contributed by atoms with E-state index in [1.54, 1.807) is 0 Å². The number of hydrogen-bond acceptors (Lipinski definition) is 3. The van der Waals surface area contributed by atoms with Crippen LogP contribution < -0.4 is 15.2 Å². The third kappa shape index (κ3) is 2.31. The van der Waals surface area contributed by atoms with Crippen molar-refractivity contribution in [2.45, 2.75) is 19.8 Å². The summed E-state index contributed by atoms with van der Waals surface area (Å²) < 4.78 is 11.2. The van der Waals surface area contributed by atoms with Gasteiger partial charge in [0, 0.05) is 5.69 Å². The Morgan fingerprint density at radius 3 is 2.65 bits per heavy atom. The van der Waals surface area contributed by atoms with Crippen molar-refractivity contribution in [3.8, 4) is 22.6 Å². The molecule has 3 rings (SSSR count). The lowest BCUT2D eigenvalue weighted by Crippen LogP contribution is -2.15. The second-order valence-corrected chi connectivity index (χ2v) is 4.98. The van der Waals surface area contributed by atoms with Crippen molar-refractivity contribution in [1.29, 1.82) is 0 Å². The van der Waals surface area contributed by atoms with Gasteiger partial charge in [-0.1, -0.05) is 31.5 Å². The normalized spacial score (nSPS) is 13.2. The Balaban J connectivity index is 2.06. The van der Waals surface area contributed by atoms with E-state index in [0.717, 1.165) is 35.6 Å². The first-order chi connectivity index (χ1) is 9.79. The molecule has 104 valence electrons. The Bertz CT molecular complexity index is 622. The highest BCUT2D eigenvalue weighted by Crippen LogP contribution is 2.36. The summed E-state index contributed by atoms with van der Waals surface area (Å²) in [6, 6.07) is 12.2. The van der Waals surface area contributed by atoms with Gasteiger partial charge in [0.2, 0.25) is 0 Å². The van der Waals surface area contributed by atoms with Gasteiger partial charge in [-0.15, -0.1) is 0 Å². The monoisotopic (exact) mass is 269 g/mol. The summed E-state index contributed by atoms with van der Waals surface area (Å²) in [6.45, 7) is 3.39. The molecule has 2 aromatic carbocycles. The van der Waals surface area contributed by atoms with Gasteiger partial charge in [-0.25, -0.2) is 0 Å². The van der Waals surface area contributed by atoms with Crippen molar-refractivity contribution >= 4 is 5.69 Å². The number of anilines is 1. The van der Waals surface area contributed by atoms with Gasteiger partial charge < -0.3 is 15.2 Å². The summed E-state index contributed by atoms with van der Waals surface area (Å²) in [6.07, 6.45) is 2.06. The maximum absolute atomic E-state index is 6.13. The van der Waals surface area contributed by atoms with Crippen LogP contribution in [0, 0.1) is 0 Å². The van der Waals surface area contributed by atoms with Gasteiger partial charge >= 0.3 is 0 Å². The maximum atomic E-state index is 6.13. The lowest BCUT2D eigenvalue weighted by Gasteiger charge is -2.20. The summed E-state index contributed by atoms with van der Waals surface area (Å²) in [5.74, 6) is 1.64. The number of fused-ring (bicyclic) bond motifs is 1. The van der Waals surface area contributed by atoms with E-state index in [1.807, 2.05) is 24.3 Å². The van der Waals surface area contributed by atoms with Crippen molar-refractivity contribution in [2.75, 3.05) is 18.9 Å². The minimum atomic E-state index is 0.606. The highest BCUT2D eigenvalue weighted by Gasteiger charge is 2.14. The van der Waals surface area contributed by atoms with Crippen LogP contribution >= 0.6 is 0 Å². The Hall–Kier alpha value is -2.16. The van der Waals surface area contributed by atoms with Crippen molar-refractivity contribution < 1.29 is 9.47 Å². The quantitative estimate of drug-likeness (QED) is 0.865. The van der Waals surface area contributed by atoms with Crippen molar-refractivity contribution in [2.24, 2.45) is 0 Å². The van der Waals surface area contributed by atoms with Gasteiger partial charge in [0.1, 0.15) is 13.2 Å². The molecule has 0 amide bonds. The summed E-state index contributed by atoms with van der Waals surface area (Å²) in [7, 11) is 0. The minimum Gasteiger partial charge on any atom is -0.486 e. The molecular formula is C17H19NO2. The largest absolute Gasteiger partial charge is 0.486 e. The number of rotatable bonds is 3. The van der Waals surface area contributed by atoms with Crippen LogP contribution in [-0.2, 0) is 6.42 Å².